The van der Waals surface area contributed by atoms with Gasteiger partial charge in [0.2, 0.25) is 5.91 Å². The Kier molecular flexibility index (Phi) is 4.91. The number of aromatic nitrogens is 1. The summed E-state index contributed by atoms with van der Waals surface area (Å²) in [6.07, 6.45) is 2.80. The lowest BCUT2D eigenvalue weighted by atomic mass is 9.99. The molecule has 3 aromatic rings. The van der Waals surface area contributed by atoms with E-state index in [1.807, 2.05) is 30.3 Å². The van der Waals surface area contributed by atoms with Gasteiger partial charge in [0.15, 0.2) is 12.4 Å². The van der Waals surface area contributed by atoms with Crippen LogP contribution in [0.1, 0.15) is 34.5 Å². The molecule has 6 nitrogen and oxygen atoms in total. The number of ether oxygens (including phenoxy) is 1. The van der Waals surface area contributed by atoms with Gasteiger partial charge in [0.25, 0.3) is 0 Å². The van der Waals surface area contributed by atoms with E-state index in [9.17, 15) is 14.4 Å². The molecule has 0 saturated carbocycles. The van der Waals surface area contributed by atoms with E-state index in [0.29, 0.717) is 16.9 Å². The maximum atomic E-state index is 12.3. The first-order valence-electron chi connectivity index (χ1n) is 9.20. The number of para-hydroxylation sites is 1. The van der Waals surface area contributed by atoms with Crippen LogP contribution in [0.3, 0.4) is 0 Å². The summed E-state index contributed by atoms with van der Waals surface area (Å²) in [5.41, 5.74) is 3.34. The first kappa shape index (κ1) is 18.6. The fourth-order valence-corrected chi connectivity index (χ4v) is 3.19. The summed E-state index contributed by atoms with van der Waals surface area (Å²) in [6.45, 7) is 1.41. The molecule has 29 heavy (non-hydrogen) atoms. The van der Waals surface area contributed by atoms with E-state index in [1.165, 1.54) is 6.08 Å². The number of benzene rings is 2. The van der Waals surface area contributed by atoms with Crippen molar-refractivity contribution in [2.75, 3.05) is 11.9 Å². The van der Waals surface area contributed by atoms with Crippen LogP contribution >= 0.6 is 0 Å². The third-order valence-corrected chi connectivity index (χ3v) is 4.85. The van der Waals surface area contributed by atoms with E-state index in [0.717, 1.165) is 16.5 Å². The molecule has 1 aliphatic rings. The Labute approximate surface area is 167 Å². The van der Waals surface area contributed by atoms with Crippen molar-refractivity contribution in [3.05, 3.63) is 77.5 Å². The minimum absolute atomic E-state index is 0.0940. The minimum Gasteiger partial charge on any atom is -0.454 e. The van der Waals surface area contributed by atoms with Gasteiger partial charge in [-0.15, -0.1) is 0 Å². The van der Waals surface area contributed by atoms with E-state index >= 15 is 0 Å². The Morgan fingerprint density at radius 1 is 1.14 bits per heavy atom. The molecule has 2 heterocycles. The smallest absolute Gasteiger partial charge is 0.331 e. The van der Waals surface area contributed by atoms with Crippen molar-refractivity contribution in [1.82, 2.24) is 4.98 Å². The molecule has 1 atom stereocenters. The number of fused-ring (bicyclic) bond motifs is 2. The van der Waals surface area contributed by atoms with Gasteiger partial charge in [-0.25, -0.2) is 9.78 Å². The first-order chi connectivity index (χ1) is 14.0. The normalized spacial score (nSPS) is 15.3. The van der Waals surface area contributed by atoms with E-state index in [-0.39, 0.29) is 24.2 Å². The third-order valence-electron chi connectivity index (χ3n) is 4.85. The van der Waals surface area contributed by atoms with E-state index in [4.69, 9.17) is 4.74 Å². The van der Waals surface area contributed by atoms with Crippen LogP contribution in [0.4, 0.5) is 5.69 Å². The fraction of sp³-hybridized carbons (Fsp3) is 0.130. The van der Waals surface area contributed by atoms with Crippen LogP contribution < -0.4 is 5.32 Å². The summed E-state index contributed by atoms with van der Waals surface area (Å²) in [5.74, 6) is -1.36. The lowest BCUT2D eigenvalue weighted by molar-refractivity contribution is -0.136. The number of rotatable bonds is 5. The number of ketones is 1. The van der Waals surface area contributed by atoms with Gasteiger partial charge < -0.3 is 10.1 Å². The Balaban J connectivity index is 1.37. The van der Waals surface area contributed by atoms with Crippen LogP contribution in [-0.2, 0) is 14.3 Å². The van der Waals surface area contributed by atoms with E-state index in [1.54, 1.807) is 37.3 Å². The summed E-state index contributed by atoms with van der Waals surface area (Å²) in [7, 11) is 0. The molecule has 0 bridgehead atoms. The second kappa shape index (κ2) is 7.67. The zero-order valence-corrected chi connectivity index (χ0v) is 15.7. The third kappa shape index (κ3) is 3.91. The number of hydrogen-bond acceptors (Lipinski definition) is 5. The topological polar surface area (TPSA) is 85.4 Å². The number of esters is 1. The van der Waals surface area contributed by atoms with Crippen molar-refractivity contribution in [3.8, 4) is 0 Å². The minimum atomic E-state index is -0.625. The van der Waals surface area contributed by atoms with Gasteiger partial charge in [-0.05, 0) is 48.9 Å². The highest BCUT2D eigenvalue weighted by Crippen LogP contribution is 2.32. The van der Waals surface area contributed by atoms with Crippen molar-refractivity contribution >= 4 is 40.3 Å². The second-order valence-electron chi connectivity index (χ2n) is 6.81. The maximum absolute atomic E-state index is 12.3. The van der Waals surface area contributed by atoms with Gasteiger partial charge in [-0.1, -0.05) is 24.3 Å². The molecule has 0 radical (unpaired) electrons. The van der Waals surface area contributed by atoms with Crippen LogP contribution in [0.5, 0.6) is 0 Å². The number of amides is 1. The number of nitrogens with one attached hydrogen (secondary N) is 1. The molecule has 0 aliphatic carbocycles. The Hall–Kier alpha value is -3.80. The Morgan fingerprint density at radius 2 is 1.97 bits per heavy atom. The van der Waals surface area contributed by atoms with Crippen LogP contribution in [-0.4, -0.2) is 29.3 Å². The van der Waals surface area contributed by atoms with Crippen LogP contribution in [0.2, 0.25) is 0 Å². The van der Waals surface area contributed by atoms with Gasteiger partial charge in [0.05, 0.1) is 17.1 Å². The number of anilines is 1. The quantitative estimate of drug-likeness (QED) is 0.410. The number of pyridine rings is 1. The molecule has 1 aromatic heterocycles. The highest BCUT2D eigenvalue weighted by molar-refractivity contribution is 6.05. The van der Waals surface area contributed by atoms with E-state index in [2.05, 4.69) is 10.3 Å². The van der Waals surface area contributed by atoms with Crippen molar-refractivity contribution in [1.29, 1.82) is 0 Å². The maximum Gasteiger partial charge on any atom is 0.331 e. The van der Waals surface area contributed by atoms with Gasteiger partial charge in [0, 0.05) is 22.7 Å². The Bertz CT molecular complexity index is 1170. The van der Waals surface area contributed by atoms with Crippen LogP contribution in [0.25, 0.3) is 17.0 Å². The molecule has 1 aliphatic heterocycles. The molecule has 1 amide bonds. The van der Waals surface area contributed by atoms with Crippen LogP contribution in [0, 0.1) is 0 Å². The highest BCUT2D eigenvalue weighted by atomic mass is 16.5. The first-order valence-corrected chi connectivity index (χ1v) is 9.20. The molecular formula is C23H18N2O4. The monoisotopic (exact) mass is 386 g/mol. The average molecular weight is 386 g/mol. The fourth-order valence-electron chi connectivity index (χ4n) is 3.19. The van der Waals surface area contributed by atoms with E-state index < -0.39 is 5.97 Å². The largest absolute Gasteiger partial charge is 0.454 e. The summed E-state index contributed by atoms with van der Waals surface area (Å²) in [4.78, 5) is 40.4. The SMILES string of the molecule is C[C@@H]1C(=O)Nc2ccc(C(=O)COC(=O)/C=C/c3ccc4ccccc4n3)cc21. The zero-order valence-electron chi connectivity index (χ0n) is 15.7. The molecule has 2 aromatic carbocycles. The molecule has 0 saturated heterocycles. The second-order valence-corrected chi connectivity index (χ2v) is 6.81. The molecule has 0 fully saturated rings. The average Bonchev–Trinajstić information content (AvgIpc) is 3.03. The zero-order chi connectivity index (χ0) is 20.4. The standard InChI is InChI=1S/C23H18N2O4/c1-14-18-12-16(7-10-20(18)25-23(14)28)21(26)13-29-22(27)11-9-17-8-6-15-4-2-3-5-19(15)24-17/h2-12,14H,13H2,1H3,(H,25,28)/b11-9+/t14-/m0/s1. The molecule has 0 unspecified atom stereocenters. The number of nitrogens with zero attached hydrogens (tertiary/aromatic N) is 1. The van der Waals surface area contributed by atoms with Gasteiger partial charge in [-0.2, -0.15) is 0 Å². The summed E-state index contributed by atoms with van der Waals surface area (Å²) < 4.78 is 5.05. The van der Waals surface area contributed by atoms with Crippen molar-refractivity contribution in [2.24, 2.45) is 0 Å². The highest BCUT2D eigenvalue weighted by Gasteiger charge is 2.27. The molecule has 144 valence electrons. The lowest BCUT2D eigenvalue weighted by Crippen LogP contribution is -2.13. The number of hydrogen-bond donors (Lipinski definition) is 1. The number of Topliss-reactive ketones (excluding diaryl/α,β-unsaturated/α-hetero) is 1. The predicted molar refractivity (Wildman–Crippen MR) is 110 cm³/mol. The predicted octanol–water partition coefficient (Wildman–Crippen LogP) is 3.73. The molecule has 6 heteroatoms. The van der Waals surface area contributed by atoms with Gasteiger partial charge in [-0.3, -0.25) is 9.59 Å². The molecule has 4 rings (SSSR count). The van der Waals surface area contributed by atoms with Crippen molar-refractivity contribution in [2.45, 2.75) is 12.8 Å². The molecular weight excluding hydrogens is 368 g/mol. The summed E-state index contributed by atoms with van der Waals surface area (Å²) in [6, 6.07) is 16.4. The Morgan fingerprint density at radius 3 is 2.83 bits per heavy atom. The summed E-state index contributed by atoms with van der Waals surface area (Å²) in [5, 5.41) is 3.77. The molecule has 0 spiro atoms. The van der Waals surface area contributed by atoms with Crippen molar-refractivity contribution in [3.63, 3.8) is 0 Å². The summed E-state index contributed by atoms with van der Waals surface area (Å²) >= 11 is 0. The number of carbonyl (C=O) groups excluding carboxylic acids is 3. The van der Waals surface area contributed by atoms with Gasteiger partial charge >= 0.3 is 5.97 Å². The van der Waals surface area contributed by atoms with Crippen molar-refractivity contribution < 1.29 is 19.1 Å². The van der Waals surface area contributed by atoms with Gasteiger partial charge in [0.1, 0.15) is 0 Å². The lowest BCUT2D eigenvalue weighted by Gasteiger charge is -2.06. The van der Waals surface area contributed by atoms with Crippen LogP contribution in [0.15, 0.2) is 60.7 Å². The number of carbonyl (C=O) groups is 3. The molecule has 1 N–H and O–H groups in total.